The predicted molar refractivity (Wildman–Crippen MR) is 101 cm³/mol. The summed E-state index contributed by atoms with van der Waals surface area (Å²) in [7, 11) is 0. The number of hydrogen-bond acceptors (Lipinski definition) is 1. The maximum atomic E-state index is 3.69. The zero-order valence-electron chi connectivity index (χ0n) is 11.6. The number of benzene rings is 2. The molecule has 1 aromatic heterocycles. The van der Waals surface area contributed by atoms with Crippen LogP contribution < -0.4 is 0 Å². The predicted octanol–water partition coefficient (Wildman–Crippen LogP) is 6.46. The first kappa shape index (κ1) is 15.3. The lowest BCUT2D eigenvalue weighted by Gasteiger charge is -2.14. The topological polar surface area (TPSA) is 0 Å². The molecule has 3 heteroatoms. The smallest absolute Gasteiger partial charge is 0.0345 e. The molecule has 1 heterocycles. The van der Waals surface area contributed by atoms with E-state index < -0.39 is 0 Å². The van der Waals surface area contributed by atoms with Gasteiger partial charge in [-0.15, -0.1) is 11.3 Å². The summed E-state index contributed by atoms with van der Waals surface area (Å²) in [5, 5.41) is 4.78. The van der Waals surface area contributed by atoms with Crippen LogP contribution in [0.3, 0.4) is 0 Å². The van der Waals surface area contributed by atoms with Gasteiger partial charge in [0, 0.05) is 14.5 Å². The first-order chi connectivity index (χ1) is 10.3. The van der Waals surface area contributed by atoms with Crippen molar-refractivity contribution in [2.75, 3.05) is 5.33 Å². The molecular formula is C18H16Br2S. The van der Waals surface area contributed by atoms with Crippen molar-refractivity contribution >= 4 is 53.3 Å². The van der Waals surface area contributed by atoms with Crippen molar-refractivity contribution < 1.29 is 0 Å². The Labute approximate surface area is 146 Å². The molecule has 1 atom stereocenters. The van der Waals surface area contributed by atoms with Crippen molar-refractivity contribution in [3.05, 3.63) is 69.5 Å². The van der Waals surface area contributed by atoms with Crippen molar-refractivity contribution in [2.24, 2.45) is 5.92 Å². The van der Waals surface area contributed by atoms with E-state index in [4.69, 9.17) is 0 Å². The molecule has 0 amide bonds. The Bertz CT molecular complexity index is 715. The maximum absolute atomic E-state index is 3.69. The first-order valence-corrected chi connectivity index (χ1v) is 9.81. The first-order valence-electron chi connectivity index (χ1n) is 7.02. The van der Waals surface area contributed by atoms with Gasteiger partial charge in [-0.2, -0.15) is 0 Å². The molecule has 108 valence electrons. The van der Waals surface area contributed by atoms with Gasteiger partial charge in [-0.25, -0.2) is 0 Å². The van der Waals surface area contributed by atoms with Crippen LogP contribution in [0.5, 0.6) is 0 Å². The Kier molecular flexibility index (Phi) is 5.15. The van der Waals surface area contributed by atoms with Gasteiger partial charge >= 0.3 is 0 Å². The quantitative estimate of drug-likeness (QED) is 0.413. The van der Waals surface area contributed by atoms with Crippen LogP contribution in [-0.4, -0.2) is 5.33 Å². The largest absolute Gasteiger partial charge is 0.144 e. The highest BCUT2D eigenvalue weighted by molar-refractivity contribution is 9.10. The Morgan fingerprint density at radius 2 is 1.71 bits per heavy atom. The van der Waals surface area contributed by atoms with Gasteiger partial charge in [-0.1, -0.05) is 62.2 Å². The van der Waals surface area contributed by atoms with Crippen LogP contribution in [0, 0.1) is 5.92 Å². The molecule has 0 bridgehead atoms. The second kappa shape index (κ2) is 7.08. The number of hydrogen-bond donors (Lipinski definition) is 0. The minimum absolute atomic E-state index is 0.629. The van der Waals surface area contributed by atoms with Crippen molar-refractivity contribution in [3.8, 4) is 0 Å². The second-order valence-electron chi connectivity index (χ2n) is 5.31. The van der Waals surface area contributed by atoms with Crippen LogP contribution in [0.25, 0.3) is 10.1 Å². The van der Waals surface area contributed by atoms with E-state index in [-0.39, 0.29) is 0 Å². The molecule has 0 spiro atoms. The van der Waals surface area contributed by atoms with Gasteiger partial charge in [0.05, 0.1) is 0 Å². The average molecular weight is 424 g/mol. The Hall–Kier alpha value is -0.640. The second-order valence-corrected chi connectivity index (χ2v) is 7.79. The van der Waals surface area contributed by atoms with Crippen LogP contribution in [0.2, 0.25) is 0 Å². The summed E-state index contributed by atoms with van der Waals surface area (Å²) in [6.45, 7) is 0. The van der Waals surface area contributed by atoms with E-state index in [1.807, 2.05) is 11.3 Å². The van der Waals surface area contributed by atoms with E-state index in [2.05, 4.69) is 85.8 Å². The van der Waals surface area contributed by atoms with Gasteiger partial charge < -0.3 is 0 Å². The Morgan fingerprint density at radius 3 is 2.48 bits per heavy atom. The monoisotopic (exact) mass is 422 g/mol. The van der Waals surface area contributed by atoms with E-state index in [1.165, 1.54) is 21.2 Å². The summed E-state index contributed by atoms with van der Waals surface area (Å²) in [5.41, 5.74) is 2.89. The lowest BCUT2D eigenvalue weighted by molar-refractivity contribution is 0.594. The third kappa shape index (κ3) is 3.77. The number of alkyl halides is 1. The molecule has 0 saturated heterocycles. The number of fused-ring (bicyclic) bond motifs is 1. The average Bonchev–Trinajstić information content (AvgIpc) is 2.92. The van der Waals surface area contributed by atoms with Gasteiger partial charge in [0.1, 0.15) is 0 Å². The zero-order chi connectivity index (χ0) is 14.7. The highest BCUT2D eigenvalue weighted by Gasteiger charge is 2.12. The summed E-state index contributed by atoms with van der Waals surface area (Å²) < 4.78 is 2.54. The molecule has 1 unspecified atom stereocenters. The number of thiophene rings is 1. The van der Waals surface area contributed by atoms with E-state index in [0.717, 1.165) is 22.6 Å². The molecule has 0 fully saturated rings. The summed E-state index contributed by atoms with van der Waals surface area (Å²) in [6, 6.07) is 17.4. The maximum Gasteiger partial charge on any atom is 0.0345 e. The highest BCUT2D eigenvalue weighted by atomic mass is 79.9. The van der Waals surface area contributed by atoms with Gasteiger partial charge in [0.25, 0.3) is 0 Å². The molecule has 0 nitrogen and oxygen atoms in total. The van der Waals surface area contributed by atoms with Crippen LogP contribution in [0.4, 0.5) is 0 Å². The molecule has 0 N–H and O–H groups in total. The van der Waals surface area contributed by atoms with Crippen LogP contribution in [0.15, 0.2) is 58.4 Å². The molecule has 0 radical (unpaired) electrons. The molecule has 21 heavy (non-hydrogen) atoms. The van der Waals surface area contributed by atoms with Gasteiger partial charge in [-0.3, -0.25) is 0 Å². The van der Waals surface area contributed by atoms with Gasteiger partial charge in [0.2, 0.25) is 0 Å². The minimum Gasteiger partial charge on any atom is -0.144 e. The molecular weight excluding hydrogens is 408 g/mol. The van der Waals surface area contributed by atoms with Gasteiger partial charge in [0.15, 0.2) is 0 Å². The standard InChI is InChI=1S/C18H16Br2S/c19-11-14(9-13-5-7-16(20)8-6-13)10-15-12-21-18-4-2-1-3-17(15)18/h1-8,12,14H,9-11H2. The lowest BCUT2D eigenvalue weighted by Crippen LogP contribution is -2.09. The lowest BCUT2D eigenvalue weighted by atomic mass is 9.94. The fourth-order valence-corrected chi connectivity index (χ4v) is 4.33. The molecule has 2 aromatic carbocycles. The van der Waals surface area contributed by atoms with Crippen LogP contribution >= 0.6 is 43.2 Å². The Balaban J connectivity index is 1.76. The highest BCUT2D eigenvalue weighted by Crippen LogP contribution is 2.29. The molecule has 0 saturated carbocycles. The van der Waals surface area contributed by atoms with Crippen molar-refractivity contribution in [1.29, 1.82) is 0 Å². The number of halogens is 2. The van der Waals surface area contributed by atoms with Gasteiger partial charge in [-0.05, 0) is 58.9 Å². The van der Waals surface area contributed by atoms with Crippen molar-refractivity contribution in [1.82, 2.24) is 0 Å². The van der Waals surface area contributed by atoms with E-state index in [9.17, 15) is 0 Å². The zero-order valence-corrected chi connectivity index (χ0v) is 15.5. The normalized spacial score (nSPS) is 12.7. The molecule has 0 aliphatic carbocycles. The Morgan fingerprint density at radius 1 is 0.952 bits per heavy atom. The molecule has 3 aromatic rings. The van der Waals surface area contributed by atoms with E-state index >= 15 is 0 Å². The van der Waals surface area contributed by atoms with E-state index in [0.29, 0.717) is 5.92 Å². The number of rotatable bonds is 5. The fraction of sp³-hybridized carbons (Fsp3) is 0.222. The van der Waals surface area contributed by atoms with E-state index in [1.54, 1.807) is 0 Å². The van der Waals surface area contributed by atoms with Crippen molar-refractivity contribution in [3.63, 3.8) is 0 Å². The van der Waals surface area contributed by atoms with Crippen molar-refractivity contribution in [2.45, 2.75) is 12.8 Å². The summed E-state index contributed by atoms with van der Waals surface area (Å²) in [6.07, 6.45) is 2.24. The van der Waals surface area contributed by atoms with Crippen LogP contribution in [0.1, 0.15) is 11.1 Å². The third-order valence-corrected chi connectivity index (χ3v) is 6.18. The fourth-order valence-electron chi connectivity index (χ4n) is 2.64. The minimum atomic E-state index is 0.629. The molecule has 3 rings (SSSR count). The molecule has 0 aliphatic heterocycles. The van der Waals surface area contributed by atoms with Crippen LogP contribution in [-0.2, 0) is 12.8 Å². The molecule has 0 aliphatic rings. The SMILES string of the molecule is BrCC(Cc1ccc(Br)cc1)Cc1csc2ccccc12. The third-order valence-electron chi connectivity index (χ3n) is 3.73. The summed E-state index contributed by atoms with van der Waals surface area (Å²) >= 11 is 9.04. The summed E-state index contributed by atoms with van der Waals surface area (Å²) in [5.74, 6) is 0.629. The summed E-state index contributed by atoms with van der Waals surface area (Å²) in [4.78, 5) is 0.